The van der Waals surface area contributed by atoms with Crippen LogP contribution < -0.4 is 5.32 Å². The first-order chi connectivity index (χ1) is 7.36. The van der Waals surface area contributed by atoms with Gasteiger partial charge in [-0.3, -0.25) is 4.79 Å². The molecule has 0 fully saturated rings. The standard InChI is InChI=1S/C10H10F3NO2/c1-14-8(9(15)16)6-3-2-4-7(5-6)10(11,12)13/h2-5,8,14H,1H3,(H,15,16)/t8-/m1/s1. The van der Waals surface area contributed by atoms with Crippen molar-refractivity contribution in [2.45, 2.75) is 12.2 Å². The van der Waals surface area contributed by atoms with E-state index in [1.165, 1.54) is 19.2 Å². The average molecular weight is 233 g/mol. The van der Waals surface area contributed by atoms with E-state index in [0.29, 0.717) is 0 Å². The lowest BCUT2D eigenvalue weighted by atomic mass is 10.0. The number of rotatable bonds is 3. The Balaban J connectivity index is 3.11. The lowest BCUT2D eigenvalue weighted by Crippen LogP contribution is -2.25. The Morgan fingerprint density at radius 2 is 2.06 bits per heavy atom. The van der Waals surface area contributed by atoms with Crippen LogP contribution in [0.3, 0.4) is 0 Å². The maximum Gasteiger partial charge on any atom is 0.416 e. The Morgan fingerprint density at radius 1 is 1.44 bits per heavy atom. The van der Waals surface area contributed by atoms with Crippen molar-refractivity contribution in [3.63, 3.8) is 0 Å². The molecule has 1 atom stereocenters. The van der Waals surface area contributed by atoms with Crippen molar-refractivity contribution in [3.8, 4) is 0 Å². The molecule has 1 aromatic rings. The van der Waals surface area contributed by atoms with Gasteiger partial charge in [-0.05, 0) is 24.7 Å². The molecular weight excluding hydrogens is 223 g/mol. The Labute approximate surface area is 89.9 Å². The van der Waals surface area contributed by atoms with Gasteiger partial charge in [-0.25, -0.2) is 0 Å². The summed E-state index contributed by atoms with van der Waals surface area (Å²) in [6, 6.07) is 3.12. The van der Waals surface area contributed by atoms with E-state index in [2.05, 4.69) is 5.32 Å². The van der Waals surface area contributed by atoms with Crippen molar-refractivity contribution in [2.75, 3.05) is 7.05 Å². The van der Waals surface area contributed by atoms with E-state index >= 15 is 0 Å². The molecule has 0 aliphatic rings. The largest absolute Gasteiger partial charge is 0.480 e. The molecule has 3 nitrogen and oxygen atoms in total. The van der Waals surface area contributed by atoms with E-state index in [0.717, 1.165) is 12.1 Å². The van der Waals surface area contributed by atoms with Gasteiger partial charge in [-0.2, -0.15) is 13.2 Å². The third-order valence-electron chi connectivity index (χ3n) is 2.08. The molecule has 0 aliphatic carbocycles. The molecule has 16 heavy (non-hydrogen) atoms. The smallest absolute Gasteiger partial charge is 0.416 e. The van der Waals surface area contributed by atoms with Crippen LogP contribution >= 0.6 is 0 Å². The van der Waals surface area contributed by atoms with Crippen molar-refractivity contribution in [1.82, 2.24) is 5.32 Å². The second-order valence-electron chi connectivity index (χ2n) is 3.18. The van der Waals surface area contributed by atoms with Crippen LogP contribution in [-0.4, -0.2) is 18.1 Å². The molecule has 2 N–H and O–H groups in total. The SMILES string of the molecule is CN[C@@H](C(=O)O)c1cccc(C(F)(F)F)c1. The van der Waals surface area contributed by atoms with E-state index in [1.54, 1.807) is 0 Å². The molecular formula is C10H10F3NO2. The Hall–Kier alpha value is -1.56. The van der Waals surface area contributed by atoms with Crippen LogP contribution in [0.15, 0.2) is 24.3 Å². The minimum atomic E-state index is -4.47. The molecule has 0 saturated carbocycles. The number of alkyl halides is 3. The molecule has 88 valence electrons. The van der Waals surface area contributed by atoms with Crippen molar-refractivity contribution >= 4 is 5.97 Å². The van der Waals surface area contributed by atoms with Crippen LogP contribution in [0.5, 0.6) is 0 Å². The molecule has 0 spiro atoms. The highest BCUT2D eigenvalue weighted by atomic mass is 19.4. The molecule has 0 bridgehead atoms. The van der Waals surface area contributed by atoms with Gasteiger partial charge in [0, 0.05) is 0 Å². The fourth-order valence-corrected chi connectivity index (χ4v) is 1.33. The number of nitrogens with one attached hydrogen (secondary N) is 1. The second-order valence-corrected chi connectivity index (χ2v) is 3.18. The minimum Gasteiger partial charge on any atom is -0.480 e. The van der Waals surface area contributed by atoms with Gasteiger partial charge in [0.05, 0.1) is 5.56 Å². The molecule has 0 radical (unpaired) electrons. The summed E-state index contributed by atoms with van der Waals surface area (Å²) in [5, 5.41) is 11.2. The number of halogens is 3. The molecule has 0 unspecified atom stereocenters. The van der Waals surface area contributed by atoms with E-state index < -0.39 is 23.8 Å². The van der Waals surface area contributed by atoms with E-state index in [-0.39, 0.29) is 5.56 Å². The predicted octanol–water partition coefficient (Wildman–Crippen LogP) is 2.05. The number of benzene rings is 1. The van der Waals surface area contributed by atoms with Gasteiger partial charge in [0.25, 0.3) is 0 Å². The van der Waals surface area contributed by atoms with Gasteiger partial charge >= 0.3 is 12.1 Å². The second kappa shape index (κ2) is 4.52. The van der Waals surface area contributed by atoms with Gasteiger partial charge in [0.2, 0.25) is 0 Å². The zero-order valence-corrected chi connectivity index (χ0v) is 8.38. The van der Waals surface area contributed by atoms with Gasteiger partial charge in [0.15, 0.2) is 0 Å². The van der Waals surface area contributed by atoms with Crippen LogP contribution in [-0.2, 0) is 11.0 Å². The van der Waals surface area contributed by atoms with Crippen molar-refractivity contribution < 1.29 is 23.1 Å². The normalized spacial score (nSPS) is 13.5. The summed E-state index contributed by atoms with van der Waals surface area (Å²) in [6.07, 6.45) is -4.47. The summed E-state index contributed by atoms with van der Waals surface area (Å²) in [4.78, 5) is 10.7. The highest BCUT2D eigenvalue weighted by Crippen LogP contribution is 2.30. The highest BCUT2D eigenvalue weighted by Gasteiger charge is 2.31. The number of likely N-dealkylation sites (N-methyl/N-ethyl adjacent to an activating group) is 1. The van der Waals surface area contributed by atoms with Crippen LogP contribution in [0.4, 0.5) is 13.2 Å². The third-order valence-corrected chi connectivity index (χ3v) is 2.08. The number of hydrogen-bond acceptors (Lipinski definition) is 2. The molecule has 6 heteroatoms. The third kappa shape index (κ3) is 2.73. The van der Waals surface area contributed by atoms with Gasteiger partial charge in [-0.15, -0.1) is 0 Å². The summed E-state index contributed by atoms with van der Waals surface area (Å²) in [5.74, 6) is -1.22. The molecule has 0 saturated heterocycles. The molecule has 1 rings (SSSR count). The molecule has 0 heterocycles. The Kier molecular flexibility index (Phi) is 3.54. The van der Waals surface area contributed by atoms with Crippen LogP contribution in [0, 0.1) is 0 Å². The van der Waals surface area contributed by atoms with Crippen molar-refractivity contribution in [3.05, 3.63) is 35.4 Å². The highest BCUT2D eigenvalue weighted by molar-refractivity contribution is 5.75. The maximum atomic E-state index is 12.4. The average Bonchev–Trinajstić information content (AvgIpc) is 2.17. The fraction of sp³-hybridized carbons (Fsp3) is 0.300. The van der Waals surface area contributed by atoms with Crippen LogP contribution in [0.1, 0.15) is 17.2 Å². The lowest BCUT2D eigenvalue weighted by molar-refractivity contribution is -0.140. The molecule has 0 amide bonds. The van der Waals surface area contributed by atoms with Gasteiger partial charge < -0.3 is 10.4 Å². The molecule has 1 aromatic carbocycles. The fourth-order valence-electron chi connectivity index (χ4n) is 1.33. The number of carbonyl (C=O) groups is 1. The van der Waals surface area contributed by atoms with E-state index in [9.17, 15) is 18.0 Å². The lowest BCUT2D eigenvalue weighted by Gasteiger charge is -2.13. The van der Waals surface area contributed by atoms with Crippen LogP contribution in [0.25, 0.3) is 0 Å². The minimum absolute atomic E-state index is 0.0739. The van der Waals surface area contributed by atoms with Crippen molar-refractivity contribution in [2.24, 2.45) is 0 Å². The first kappa shape index (κ1) is 12.5. The maximum absolute atomic E-state index is 12.4. The number of carboxylic acids is 1. The monoisotopic (exact) mass is 233 g/mol. The first-order valence-electron chi connectivity index (χ1n) is 4.43. The Bertz CT molecular complexity index is 390. The van der Waals surface area contributed by atoms with E-state index in [1.807, 2.05) is 0 Å². The number of hydrogen-bond donors (Lipinski definition) is 2. The molecule has 0 aliphatic heterocycles. The zero-order valence-electron chi connectivity index (χ0n) is 8.38. The predicted molar refractivity (Wildman–Crippen MR) is 50.9 cm³/mol. The van der Waals surface area contributed by atoms with Gasteiger partial charge in [-0.1, -0.05) is 12.1 Å². The van der Waals surface area contributed by atoms with Crippen LogP contribution in [0.2, 0.25) is 0 Å². The summed E-state index contributed by atoms with van der Waals surface area (Å²) < 4.78 is 37.1. The quantitative estimate of drug-likeness (QED) is 0.840. The summed E-state index contributed by atoms with van der Waals surface area (Å²) in [6.45, 7) is 0. The van der Waals surface area contributed by atoms with Gasteiger partial charge in [0.1, 0.15) is 6.04 Å². The first-order valence-corrected chi connectivity index (χ1v) is 4.43. The summed E-state index contributed by atoms with van der Waals surface area (Å²) >= 11 is 0. The number of carboxylic acid groups (broad SMARTS) is 1. The topological polar surface area (TPSA) is 49.3 Å². The zero-order chi connectivity index (χ0) is 12.3. The Morgan fingerprint density at radius 3 is 2.50 bits per heavy atom. The summed E-state index contributed by atoms with van der Waals surface area (Å²) in [7, 11) is 1.37. The molecule has 0 aromatic heterocycles. The summed E-state index contributed by atoms with van der Waals surface area (Å²) in [5.41, 5.74) is -0.781. The van der Waals surface area contributed by atoms with E-state index in [4.69, 9.17) is 5.11 Å². The van der Waals surface area contributed by atoms with Crippen molar-refractivity contribution in [1.29, 1.82) is 0 Å². The number of aliphatic carboxylic acids is 1.